The van der Waals surface area contributed by atoms with Crippen LogP contribution in [-0.2, 0) is 0 Å². The Hall–Kier alpha value is -2.62. The van der Waals surface area contributed by atoms with Gasteiger partial charge in [-0.05, 0) is 41.2 Å². The molecule has 4 heterocycles. The van der Waals surface area contributed by atoms with Crippen LogP contribution in [0.25, 0.3) is 22.6 Å². The summed E-state index contributed by atoms with van der Waals surface area (Å²) in [4.78, 5) is 9.33. The van der Waals surface area contributed by atoms with Gasteiger partial charge < -0.3 is 8.80 Å². The van der Waals surface area contributed by atoms with E-state index in [0.29, 0.717) is 11.8 Å². The molecule has 0 fully saturated rings. The maximum Gasteiger partial charge on any atom is 0.140 e. The average Bonchev–Trinajstić information content (AvgIpc) is 3.18. The van der Waals surface area contributed by atoms with E-state index in [0.717, 1.165) is 22.6 Å². The number of hydrogen-bond acceptors (Lipinski definition) is 2. The fourth-order valence-corrected chi connectivity index (χ4v) is 3.12. The van der Waals surface area contributed by atoms with E-state index >= 15 is 0 Å². The van der Waals surface area contributed by atoms with Crippen LogP contribution in [0.1, 0.15) is 50.7 Å². The first-order valence-corrected chi connectivity index (χ1v) is 8.48. The van der Waals surface area contributed by atoms with Crippen LogP contribution in [0.5, 0.6) is 0 Å². The van der Waals surface area contributed by atoms with Gasteiger partial charge in [0.05, 0.1) is 5.69 Å². The van der Waals surface area contributed by atoms with Crippen molar-refractivity contribution in [2.24, 2.45) is 0 Å². The molecule has 0 saturated carbocycles. The van der Waals surface area contributed by atoms with E-state index in [2.05, 4.69) is 78.3 Å². The molecule has 0 aliphatic heterocycles. The summed E-state index contributed by atoms with van der Waals surface area (Å²) in [7, 11) is 0. The van der Waals surface area contributed by atoms with Crippen LogP contribution < -0.4 is 0 Å². The highest BCUT2D eigenvalue weighted by Gasteiger charge is 2.12. The lowest BCUT2D eigenvalue weighted by molar-refractivity contribution is 0.862. The van der Waals surface area contributed by atoms with Gasteiger partial charge in [0.2, 0.25) is 0 Å². The first kappa shape index (κ1) is 14.9. The summed E-state index contributed by atoms with van der Waals surface area (Å²) in [6.45, 7) is 8.81. The number of aromatic nitrogens is 4. The molecule has 0 atom stereocenters. The number of pyridine rings is 2. The topological polar surface area (TPSA) is 34.6 Å². The average molecular weight is 318 g/mol. The molecule has 122 valence electrons. The Morgan fingerprint density at radius 1 is 0.917 bits per heavy atom. The second-order valence-electron chi connectivity index (χ2n) is 7.00. The van der Waals surface area contributed by atoms with Crippen molar-refractivity contribution in [3.05, 3.63) is 60.3 Å². The fraction of sp³-hybridized carbons (Fsp3) is 0.300. The normalized spacial score (nSPS) is 12.1. The minimum atomic E-state index is 0.416. The van der Waals surface area contributed by atoms with Crippen molar-refractivity contribution >= 4 is 11.3 Å². The largest absolute Gasteiger partial charge is 0.306 e. The highest BCUT2D eigenvalue weighted by Crippen LogP contribution is 2.27. The Labute approximate surface area is 141 Å². The predicted octanol–water partition coefficient (Wildman–Crippen LogP) is 4.90. The molecule has 4 aromatic rings. The molecule has 0 amide bonds. The number of nitrogens with zero attached hydrogens (tertiary/aromatic N) is 4. The minimum Gasteiger partial charge on any atom is -0.306 e. The molecule has 0 saturated heterocycles. The molecular formula is C20H22N4. The summed E-state index contributed by atoms with van der Waals surface area (Å²) >= 11 is 0. The van der Waals surface area contributed by atoms with Gasteiger partial charge in [-0.2, -0.15) is 0 Å². The molecule has 0 aromatic carbocycles. The van der Waals surface area contributed by atoms with Gasteiger partial charge in [-0.25, -0.2) is 9.97 Å². The van der Waals surface area contributed by atoms with Crippen LogP contribution >= 0.6 is 0 Å². The van der Waals surface area contributed by atoms with Crippen molar-refractivity contribution in [3.8, 4) is 11.3 Å². The van der Waals surface area contributed by atoms with Crippen LogP contribution in [0.15, 0.2) is 49.2 Å². The van der Waals surface area contributed by atoms with Gasteiger partial charge in [0.15, 0.2) is 0 Å². The lowest BCUT2D eigenvalue weighted by Crippen LogP contribution is -1.96. The molecule has 4 rings (SSSR count). The zero-order valence-corrected chi connectivity index (χ0v) is 14.6. The summed E-state index contributed by atoms with van der Waals surface area (Å²) in [6.07, 6.45) is 10.2. The molecular weight excluding hydrogens is 296 g/mol. The summed E-state index contributed by atoms with van der Waals surface area (Å²) in [5, 5.41) is 0. The van der Waals surface area contributed by atoms with E-state index in [1.165, 1.54) is 11.1 Å². The third-order valence-corrected chi connectivity index (χ3v) is 4.58. The molecule has 0 aliphatic rings. The Morgan fingerprint density at radius 2 is 1.75 bits per heavy atom. The van der Waals surface area contributed by atoms with E-state index in [-0.39, 0.29) is 0 Å². The molecule has 0 bridgehead atoms. The first-order valence-electron chi connectivity index (χ1n) is 8.48. The number of rotatable bonds is 3. The smallest absolute Gasteiger partial charge is 0.140 e. The second-order valence-corrected chi connectivity index (χ2v) is 7.00. The van der Waals surface area contributed by atoms with E-state index in [9.17, 15) is 0 Å². The Morgan fingerprint density at radius 3 is 2.50 bits per heavy atom. The third kappa shape index (κ3) is 2.39. The monoisotopic (exact) mass is 318 g/mol. The zero-order valence-electron chi connectivity index (χ0n) is 14.6. The van der Waals surface area contributed by atoms with Crippen molar-refractivity contribution < 1.29 is 0 Å². The fourth-order valence-electron chi connectivity index (χ4n) is 3.12. The van der Waals surface area contributed by atoms with Crippen LogP contribution in [0.2, 0.25) is 0 Å². The molecule has 0 radical (unpaired) electrons. The van der Waals surface area contributed by atoms with Crippen LogP contribution in [-0.4, -0.2) is 18.8 Å². The summed E-state index contributed by atoms with van der Waals surface area (Å²) < 4.78 is 4.18. The zero-order chi connectivity index (χ0) is 16.8. The maximum atomic E-state index is 4.85. The number of hydrogen-bond donors (Lipinski definition) is 0. The number of imidazole rings is 2. The third-order valence-electron chi connectivity index (χ3n) is 4.58. The van der Waals surface area contributed by atoms with Crippen molar-refractivity contribution in [2.45, 2.75) is 39.5 Å². The highest BCUT2D eigenvalue weighted by atomic mass is 15.0. The molecule has 0 aliphatic carbocycles. The van der Waals surface area contributed by atoms with Gasteiger partial charge >= 0.3 is 0 Å². The minimum absolute atomic E-state index is 0.416. The molecule has 0 spiro atoms. The van der Waals surface area contributed by atoms with Crippen molar-refractivity contribution in [1.29, 1.82) is 0 Å². The van der Waals surface area contributed by atoms with Crippen molar-refractivity contribution in [2.75, 3.05) is 0 Å². The summed E-state index contributed by atoms with van der Waals surface area (Å²) in [6, 6.07) is 6.56. The predicted molar refractivity (Wildman–Crippen MR) is 97.6 cm³/mol. The molecule has 4 nitrogen and oxygen atoms in total. The summed E-state index contributed by atoms with van der Waals surface area (Å²) in [5.74, 6) is 0.921. The molecule has 4 aromatic heterocycles. The molecule has 0 unspecified atom stereocenters. The quantitative estimate of drug-likeness (QED) is 0.538. The summed E-state index contributed by atoms with van der Waals surface area (Å²) in [5.41, 5.74) is 6.70. The van der Waals surface area contributed by atoms with E-state index in [1.54, 1.807) is 0 Å². The SMILES string of the molecule is CC(C)c1ccn2cc(-c3cc(C(C)C)c4nccn4c3)nc2c1. The highest BCUT2D eigenvalue weighted by molar-refractivity contribution is 5.67. The molecule has 0 N–H and O–H groups in total. The Balaban J connectivity index is 1.89. The van der Waals surface area contributed by atoms with E-state index in [1.807, 2.05) is 12.4 Å². The second kappa shape index (κ2) is 5.48. The van der Waals surface area contributed by atoms with Gasteiger partial charge in [0.25, 0.3) is 0 Å². The maximum absolute atomic E-state index is 4.85. The Kier molecular flexibility index (Phi) is 3.41. The van der Waals surface area contributed by atoms with Gasteiger partial charge in [-0.3, -0.25) is 0 Å². The van der Waals surface area contributed by atoms with Gasteiger partial charge in [0, 0.05) is 36.5 Å². The van der Waals surface area contributed by atoms with Crippen LogP contribution in [0.4, 0.5) is 0 Å². The molecule has 4 heteroatoms. The standard InChI is InChI=1S/C20H22N4/c1-13(2)15-5-7-23-12-18(22-19(23)10-15)16-9-17(14(3)4)20-21-6-8-24(20)11-16/h5-14H,1-4H3. The van der Waals surface area contributed by atoms with Crippen molar-refractivity contribution in [3.63, 3.8) is 0 Å². The first-order chi connectivity index (χ1) is 11.5. The Bertz CT molecular complexity index is 1020. The van der Waals surface area contributed by atoms with Crippen LogP contribution in [0, 0.1) is 0 Å². The lowest BCUT2D eigenvalue weighted by atomic mass is 10.0. The van der Waals surface area contributed by atoms with Crippen molar-refractivity contribution in [1.82, 2.24) is 18.8 Å². The van der Waals surface area contributed by atoms with Gasteiger partial charge in [-0.1, -0.05) is 27.7 Å². The number of fused-ring (bicyclic) bond motifs is 2. The van der Waals surface area contributed by atoms with Gasteiger partial charge in [-0.15, -0.1) is 0 Å². The van der Waals surface area contributed by atoms with Crippen LogP contribution in [0.3, 0.4) is 0 Å². The van der Waals surface area contributed by atoms with E-state index < -0.39 is 0 Å². The molecule has 24 heavy (non-hydrogen) atoms. The van der Waals surface area contributed by atoms with Gasteiger partial charge in [0.1, 0.15) is 11.3 Å². The van der Waals surface area contributed by atoms with E-state index in [4.69, 9.17) is 4.98 Å². The lowest BCUT2D eigenvalue weighted by Gasteiger charge is -2.09.